The Morgan fingerprint density at radius 2 is 2.00 bits per heavy atom. The Hall–Kier alpha value is -1.55. The van der Waals surface area contributed by atoms with Gasteiger partial charge in [-0.3, -0.25) is 4.79 Å². The summed E-state index contributed by atoms with van der Waals surface area (Å²) in [6.45, 7) is 3.49. The van der Waals surface area contributed by atoms with E-state index in [0.717, 1.165) is 5.75 Å². The second-order valence-corrected chi connectivity index (χ2v) is 4.02. The van der Waals surface area contributed by atoms with Gasteiger partial charge in [-0.15, -0.1) is 0 Å². The van der Waals surface area contributed by atoms with E-state index in [-0.39, 0.29) is 5.91 Å². The number of likely N-dealkylation sites (N-methyl/N-ethyl adjacent to an activating group) is 1. The Labute approximate surface area is 102 Å². The summed E-state index contributed by atoms with van der Waals surface area (Å²) < 4.78 is 5.53. The summed E-state index contributed by atoms with van der Waals surface area (Å²) in [5.41, 5.74) is 6.52. The molecule has 0 atom stereocenters. The lowest BCUT2D eigenvalue weighted by Crippen LogP contribution is -2.32. The van der Waals surface area contributed by atoms with Crippen LogP contribution in [0.1, 0.15) is 12.0 Å². The normalized spacial score (nSPS) is 10.1. The third-order valence-corrected chi connectivity index (χ3v) is 2.50. The quantitative estimate of drug-likeness (QED) is 0.807. The standard InChI is InChI=1S/C13H20N2O2/c1-11-3-5-12(6-4-11)17-10-9-15(2)13(16)7-8-14/h3-6H,7-10,14H2,1-2H3. The number of nitrogens with zero attached hydrogens (tertiary/aromatic N) is 1. The molecule has 0 spiro atoms. The van der Waals surface area contributed by atoms with Crippen LogP contribution in [0.2, 0.25) is 0 Å². The summed E-state index contributed by atoms with van der Waals surface area (Å²) in [5.74, 6) is 0.885. The zero-order valence-corrected chi connectivity index (χ0v) is 10.5. The van der Waals surface area contributed by atoms with Crippen LogP contribution in [0.5, 0.6) is 5.75 Å². The molecule has 0 saturated heterocycles. The number of rotatable bonds is 6. The molecule has 1 rings (SSSR count). The first-order valence-corrected chi connectivity index (χ1v) is 5.77. The SMILES string of the molecule is Cc1ccc(OCCN(C)C(=O)CCN)cc1. The van der Waals surface area contributed by atoms with Crippen molar-refractivity contribution in [1.29, 1.82) is 0 Å². The van der Waals surface area contributed by atoms with Crippen molar-refractivity contribution in [3.63, 3.8) is 0 Å². The van der Waals surface area contributed by atoms with Gasteiger partial charge in [0.2, 0.25) is 5.91 Å². The molecule has 0 aliphatic heterocycles. The molecule has 1 aromatic carbocycles. The van der Waals surface area contributed by atoms with E-state index >= 15 is 0 Å². The van der Waals surface area contributed by atoms with Crippen LogP contribution in [0, 0.1) is 6.92 Å². The molecule has 0 aliphatic carbocycles. The third-order valence-electron chi connectivity index (χ3n) is 2.50. The molecule has 0 unspecified atom stereocenters. The smallest absolute Gasteiger partial charge is 0.223 e. The van der Waals surface area contributed by atoms with Crippen LogP contribution in [0.3, 0.4) is 0 Å². The number of ether oxygens (including phenoxy) is 1. The Morgan fingerprint density at radius 3 is 2.59 bits per heavy atom. The molecule has 0 aromatic heterocycles. The topological polar surface area (TPSA) is 55.6 Å². The van der Waals surface area contributed by atoms with Crippen molar-refractivity contribution in [3.8, 4) is 5.75 Å². The zero-order chi connectivity index (χ0) is 12.7. The number of hydrogen-bond donors (Lipinski definition) is 1. The van der Waals surface area contributed by atoms with Crippen LogP contribution in [0.4, 0.5) is 0 Å². The Morgan fingerprint density at radius 1 is 1.35 bits per heavy atom. The first kappa shape index (κ1) is 13.5. The molecule has 2 N–H and O–H groups in total. The highest BCUT2D eigenvalue weighted by Crippen LogP contribution is 2.11. The van der Waals surface area contributed by atoms with Crippen LogP contribution in [-0.2, 0) is 4.79 Å². The lowest BCUT2D eigenvalue weighted by molar-refractivity contribution is -0.130. The predicted molar refractivity (Wildman–Crippen MR) is 68.0 cm³/mol. The molecular formula is C13H20N2O2. The van der Waals surface area contributed by atoms with Crippen molar-refractivity contribution in [3.05, 3.63) is 29.8 Å². The van der Waals surface area contributed by atoms with Gasteiger partial charge in [0, 0.05) is 20.0 Å². The maximum Gasteiger partial charge on any atom is 0.223 e. The Balaban J connectivity index is 2.27. The van der Waals surface area contributed by atoms with Gasteiger partial charge in [0.05, 0.1) is 6.54 Å². The van der Waals surface area contributed by atoms with Crippen molar-refractivity contribution in [1.82, 2.24) is 4.90 Å². The summed E-state index contributed by atoms with van der Waals surface area (Å²) >= 11 is 0. The van der Waals surface area contributed by atoms with E-state index in [4.69, 9.17) is 10.5 Å². The van der Waals surface area contributed by atoms with Crippen molar-refractivity contribution >= 4 is 5.91 Å². The fourth-order valence-electron chi connectivity index (χ4n) is 1.37. The molecule has 0 heterocycles. The summed E-state index contributed by atoms with van der Waals surface area (Å²) in [6, 6.07) is 7.85. The fourth-order valence-corrected chi connectivity index (χ4v) is 1.37. The van der Waals surface area contributed by atoms with Gasteiger partial charge in [-0.05, 0) is 19.1 Å². The van der Waals surface area contributed by atoms with Crippen LogP contribution in [0.15, 0.2) is 24.3 Å². The molecule has 0 radical (unpaired) electrons. The number of benzene rings is 1. The van der Waals surface area contributed by atoms with Crippen molar-refractivity contribution in [2.75, 3.05) is 26.7 Å². The van der Waals surface area contributed by atoms with Crippen molar-refractivity contribution in [2.24, 2.45) is 5.73 Å². The minimum atomic E-state index is 0.0556. The van der Waals surface area contributed by atoms with Gasteiger partial charge >= 0.3 is 0 Å². The second-order valence-electron chi connectivity index (χ2n) is 4.02. The second kappa shape index (κ2) is 6.91. The summed E-state index contributed by atoms with van der Waals surface area (Å²) in [7, 11) is 1.76. The monoisotopic (exact) mass is 236 g/mol. The molecule has 0 aliphatic rings. The zero-order valence-electron chi connectivity index (χ0n) is 10.5. The highest BCUT2D eigenvalue weighted by atomic mass is 16.5. The van der Waals surface area contributed by atoms with Crippen molar-refractivity contribution in [2.45, 2.75) is 13.3 Å². The highest BCUT2D eigenvalue weighted by molar-refractivity contribution is 5.75. The van der Waals surface area contributed by atoms with E-state index in [0.29, 0.717) is 26.1 Å². The minimum Gasteiger partial charge on any atom is -0.492 e. The molecule has 4 nitrogen and oxygen atoms in total. The Bertz CT molecular complexity index is 349. The van der Waals surface area contributed by atoms with Crippen LogP contribution >= 0.6 is 0 Å². The molecule has 1 aromatic rings. The first-order chi connectivity index (χ1) is 8.13. The third kappa shape index (κ3) is 4.87. The van der Waals surface area contributed by atoms with Gasteiger partial charge in [-0.2, -0.15) is 0 Å². The first-order valence-electron chi connectivity index (χ1n) is 5.77. The number of amides is 1. The van der Waals surface area contributed by atoms with E-state index < -0.39 is 0 Å². The van der Waals surface area contributed by atoms with Gasteiger partial charge in [0.25, 0.3) is 0 Å². The predicted octanol–water partition coefficient (Wildman–Crippen LogP) is 1.18. The van der Waals surface area contributed by atoms with Crippen LogP contribution < -0.4 is 10.5 Å². The molecule has 4 heteroatoms. The van der Waals surface area contributed by atoms with Gasteiger partial charge in [0.15, 0.2) is 0 Å². The number of aryl methyl sites for hydroxylation is 1. The number of hydrogen-bond acceptors (Lipinski definition) is 3. The van der Waals surface area contributed by atoms with E-state index in [2.05, 4.69) is 0 Å². The molecule has 0 saturated carbocycles. The maximum absolute atomic E-state index is 11.4. The van der Waals surface area contributed by atoms with Gasteiger partial charge in [-0.25, -0.2) is 0 Å². The highest BCUT2D eigenvalue weighted by Gasteiger charge is 2.06. The minimum absolute atomic E-state index is 0.0556. The van der Waals surface area contributed by atoms with Crippen molar-refractivity contribution < 1.29 is 9.53 Å². The van der Waals surface area contributed by atoms with Crippen LogP contribution in [-0.4, -0.2) is 37.6 Å². The lowest BCUT2D eigenvalue weighted by atomic mass is 10.2. The van der Waals surface area contributed by atoms with E-state index in [1.807, 2.05) is 31.2 Å². The number of nitrogens with two attached hydrogens (primary N) is 1. The maximum atomic E-state index is 11.4. The molecular weight excluding hydrogens is 216 g/mol. The largest absolute Gasteiger partial charge is 0.492 e. The lowest BCUT2D eigenvalue weighted by Gasteiger charge is -2.17. The number of carbonyl (C=O) groups is 1. The Kier molecular flexibility index (Phi) is 5.49. The summed E-state index contributed by atoms with van der Waals surface area (Å²) in [4.78, 5) is 13.1. The molecule has 0 fully saturated rings. The summed E-state index contributed by atoms with van der Waals surface area (Å²) in [5, 5.41) is 0. The average molecular weight is 236 g/mol. The van der Waals surface area contributed by atoms with E-state index in [1.165, 1.54) is 5.56 Å². The molecule has 17 heavy (non-hydrogen) atoms. The van der Waals surface area contributed by atoms with Gasteiger partial charge < -0.3 is 15.4 Å². The number of carbonyl (C=O) groups excluding carboxylic acids is 1. The molecule has 0 bridgehead atoms. The van der Waals surface area contributed by atoms with E-state index in [1.54, 1.807) is 11.9 Å². The summed E-state index contributed by atoms with van der Waals surface area (Å²) in [6.07, 6.45) is 0.390. The fraction of sp³-hybridized carbons (Fsp3) is 0.462. The molecule has 94 valence electrons. The van der Waals surface area contributed by atoms with Crippen LogP contribution in [0.25, 0.3) is 0 Å². The van der Waals surface area contributed by atoms with E-state index in [9.17, 15) is 4.79 Å². The molecule has 1 amide bonds. The average Bonchev–Trinajstić information content (AvgIpc) is 2.32. The van der Waals surface area contributed by atoms with Gasteiger partial charge in [0.1, 0.15) is 12.4 Å². The van der Waals surface area contributed by atoms with Gasteiger partial charge in [-0.1, -0.05) is 17.7 Å².